The average Bonchev–Trinajstić information content (AvgIpc) is 2.47. The fourth-order valence-corrected chi connectivity index (χ4v) is 1.15. The zero-order valence-electron chi connectivity index (χ0n) is 6.14. The fourth-order valence-electron chi connectivity index (χ4n) is 0.969. The molecule has 0 unspecified atom stereocenters. The van der Waals surface area contributed by atoms with E-state index in [2.05, 4.69) is 10.1 Å². The van der Waals surface area contributed by atoms with Crippen molar-refractivity contribution in [3.05, 3.63) is 30.2 Å². The SMILES string of the molecule is Cl.ClCc1cnc2cccnn12. The summed E-state index contributed by atoms with van der Waals surface area (Å²) < 4.78 is 1.73. The van der Waals surface area contributed by atoms with Gasteiger partial charge in [0.25, 0.3) is 0 Å². The van der Waals surface area contributed by atoms with Crippen LogP contribution in [0.3, 0.4) is 0 Å². The van der Waals surface area contributed by atoms with Gasteiger partial charge in [-0.3, -0.25) is 0 Å². The predicted octanol–water partition coefficient (Wildman–Crippen LogP) is 1.89. The average molecular weight is 204 g/mol. The maximum absolute atomic E-state index is 5.65. The van der Waals surface area contributed by atoms with Crippen molar-refractivity contribution >= 4 is 29.7 Å². The Morgan fingerprint density at radius 2 is 2.33 bits per heavy atom. The molecular weight excluding hydrogens is 197 g/mol. The van der Waals surface area contributed by atoms with Crippen LogP contribution in [0.5, 0.6) is 0 Å². The Bertz CT molecular complexity index is 371. The van der Waals surface area contributed by atoms with Gasteiger partial charge >= 0.3 is 0 Å². The van der Waals surface area contributed by atoms with Crippen molar-refractivity contribution in [3.63, 3.8) is 0 Å². The Morgan fingerprint density at radius 3 is 3.08 bits per heavy atom. The summed E-state index contributed by atoms with van der Waals surface area (Å²) in [7, 11) is 0. The number of hydrogen-bond acceptors (Lipinski definition) is 2. The molecule has 2 aromatic rings. The van der Waals surface area contributed by atoms with Crippen molar-refractivity contribution in [2.24, 2.45) is 0 Å². The number of alkyl halides is 1. The molecule has 0 aliphatic rings. The van der Waals surface area contributed by atoms with E-state index in [-0.39, 0.29) is 12.4 Å². The second kappa shape index (κ2) is 3.74. The van der Waals surface area contributed by atoms with E-state index in [1.54, 1.807) is 16.9 Å². The Hall–Kier alpha value is -0.800. The van der Waals surface area contributed by atoms with Gasteiger partial charge in [-0.25, -0.2) is 9.50 Å². The Labute approximate surface area is 80.8 Å². The molecule has 0 aliphatic heterocycles. The molecule has 12 heavy (non-hydrogen) atoms. The van der Waals surface area contributed by atoms with Crippen LogP contribution in [-0.2, 0) is 5.88 Å². The molecule has 0 spiro atoms. The van der Waals surface area contributed by atoms with Crippen molar-refractivity contribution < 1.29 is 0 Å². The Kier molecular flexibility index (Phi) is 2.89. The molecule has 0 atom stereocenters. The lowest BCUT2D eigenvalue weighted by Gasteiger charge is -1.92. The summed E-state index contributed by atoms with van der Waals surface area (Å²) in [6.45, 7) is 0. The van der Waals surface area contributed by atoms with Crippen molar-refractivity contribution in [3.8, 4) is 0 Å². The highest BCUT2D eigenvalue weighted by Crippen LogP contribution is 2.05. The first-order chi connectivity index (χ1) is 5.42. The van der Waals surface area contributed by atoms with Gasteiger partial charge in [0.15, 0.2) is 5.65 Å². The molecule has 2 rings (SSSR count). The number of hydrogen-bond donors (Lipinski definition) is 0. The number of fused-ring (bicyclic) bond motifs is 1. The minimum atomic E-state index is 0. The highest BCUT2D eigenvalue weighted by Gasteiger charge is 1.99. The minimum absolute atomic E-state index is 0. The van der Waals surface area contributed by atoms with E-state index in [4.69, 9.17) is 11.6 Å². The first-order valence-electron chi connectivity index (χ1n) is 3.25. The third-order valence-corrected chi connectivity index (χ3v) is 1.76. The molecule has 5 heteroatoms. The summed E-state index contributed by atoms with van der Waals surface area (Å²) >= 11 is 5.65. The smallest absolute Gasteiger partial charge is 0.153 e. The number of imidazole rings is 1. The van der Waals surface area contributed by atoms with Crippen molar-refractivity contribution in [1.82, 2.24) is 14.6 Å². The van der Waals surface area contributed by atoms with Crippen LogP contribution >= 0.6 is 24.0 Å². The Morgan fingerprint density at radius 1 is 1.50 bits per heavy atom. The van der Waals surface area contributed by atoms with Gasteiger partial charge in [-0.15, -0.1) is 24.0 Å². The van der Waals surface area contributed by atoms with Crippen LogP contribution in [0.15, 0.2) is 24.5 Å². The third-order valence-electron chi connectivity index (χ3n) is 1.49. The van der Waals surface area contributed by atoms with Gasteiger partial charge in [0.2, 0.25) is 0 Å². The zero-order chi connectivity index (χ0) is 7.68. The normalized spacial score (nSPS) is 9.75. The van der Waals surface area contributed by atoms with Crippen LogP contribution in [0.25, 0.3) is 5.65 Å². The number of halogens is 2. The molecule has 0 saturated carbocycles. The topological polar surface area (TPSA) is 30.2 Å². The molecule has 0 bridgehead atoms. The maximum Gasteiger partial charge on any atom is 0.153 e. The summed E-state index contributed by atoms with van der Waals surface area (Å²) in [5, 5.41) is 4.08. The number of nitrogens with zero attached hydrogens (tertiary/aromatic N) is 3. The van der Waals surface area contributed by atoms with E-state index in [9.17, 15) is 0 Å². The van der Waals surface area contributed by atoms with E-state index >= 15 is 0 Å². The van der Waals surface area contributed by atoms with Gasteiger partial charge in [0, 0.05) is 6.20 Å². The van der Waals surface area contributed by atoms with Crippen molar-refractivity contribution in [1.29, 1.82) is 0 Å². The zero-order valence-corrected chi connectivity index (χ0v) is 7.72. The molecule has 3 nitrogen and oxygen atoms in total. The van der Waals surface area contributed by atoms with E-state index in [1.165, 1.54) is 0 Å². The molecule has 0 fully saturated rings. The van der Waals surface area contributed by atoms with Gasteiger partial charge in [0.05, 0.1) is 17.8 Å². The van der Waals surface area contributed by atoms with E-state index < -0.39 is 0 Å². The van der Waals surface area contributed by atoms with Crippen LogP contribution in [0.2, 0.25) is 0 Å². The van der Waals surface area contributed by atoms with E-state index in [1.807, 2.05) is 12.1 Å². The lowest BCUT2D eigenvalue weighted by molar-refractivity contribution is 0.891. The number of aromatic nitrogens is 3. The van der Waals surface area contributed by atoms with E-state index in [0.29, 0.717) is 5.88 Å². The monoisotopic (exact) mass is 203 g/mol. The molecule has 0 aliphatic carbocycles. The van der Waals surface area contributed by atoms with Crippen molar-refractivity contribution in [2.75, 3.05) is 0 Å². The standard InChI is InChI=1S/C7H6ClN3.ClH/c8-4-6-5-9-7-2-1-3-10-11(6)7;/h1-3,5H,4H2;1H. The van der Waals surface area contributed by atoms with Gasteiger partial charge < -0.3 is 0 Å². The second-order valence-electron chi connectivity index (χ2n) is 2.18. The highest BCUT2D eigenvalue weighted by atomic mass is 35.5. The lowest BCUT2D eigenvalue weighted by atomic mass is 10.5. The molecular formula is C7H7Cl2N3. The van der Waals surface area contributed by atoms with Crippen molar-refractivity contribution in [2.45, 2.75) is 5.88 Å². The molecule has 0 N–H and O–H groups in total. The summed E-state index contributed by atoms with van der Waals surface area (Å²) in [5.41, 5.74) is 1.76. The number of rotatable bonds is 1. The molecule has 0 amide bonds. The van der Waals surface area contributed by atoms with Gasteiger partial charge in [-0.05, 0) is 12.1 Å². The molecule has 2 heterocycles. The fraction of sp³-hybridized carbons (Fsp3) is 0.143. The van der Waals surface area contributed by atoms with Gasteiger partial charge in [-0.1, -0.05) is 0 Å². The third kappa shape index (κ3) is 1.38. The largest absolute Gasteiger partial charge is 0.235 e. The molecule has 64 valence electrons. The molecule has 0 radical (unpaired) electrons. The van der Waals surface area contributed by atoms with Crippen LogP contribution in [0.4, 0.5) is 0 Å². The minimum Gasteiger partial charge on any atom is -0.235 e. The van der Waals surface area contributed by atoms with Crippen LogP contribution in [0, 0.1) is 0 Å². The summed E-state index contributed by atoms with van der Waals surface area (Å²) in [6, 6.07) is 3.74. The van der Waals surface area contributed by atoms with Gasteiger partial charge in [-0.2, -0.15) is 5.10 Å². The van der Waals surface area contributed by atoms with Crippen LogP contribution in [0.1, 0.15) is 5.69 Å². The van der Waals surface area contributed by atoms with Gasteiger partial charge in [0.1, 0.15) is 0 Å². The van der Waals surface area contributed by atoms with Crippen LogP contribution < -0.4 is 0 Å². The first-order valence-corrected chi connectivity index (χ1v) is 3.79. The molecule has 0 aromatic carbocycles. The Balaban J connectivity index is 0.000000720. The molecule has 0 saturated heterocycles. The lowest BCUT2D eigenvalue weighted by Crippen LogP contribution is -1.93. The first kappa shape index (κ1) is 9.29. The molecule has 2 aromatic heterocycles. The quantitative estimate of drug-likeness (QED) is 0.664. The summed E-state index contributed by atoms with van der Waals surface area (Å²) in [5.74, 6) is 0.443. The maximum atomic E-state index is 5.65. The second-order valence-corrected chi connectivity index (χ2v) is 2.44. The highest BCUT2D eigenvalue weighted by molar-refractivity contribution is 6.16. The van der Waals surface area contributed by atoms with Crippen LogP contribution in [-0.4, -0.2) is 14.6 Å². The summed E-state index contributed by atoms with van der Waals surface area (Å²) in [4.78, 5) is 4.11. The predicted molar refractivity (Wildman–Crippen MR) is 49.8 cm³/mol. The van der Waals surface area contributed by atoms with E-state index in [0.717, 1.165) is 11.3 Å². The summed E-state index contributed by atoms with van der Waals surface area (Å²) in [6.07, 6.45) is 3.44.